The summed E-state index contributed by atoms with van der Waals surface area (Å²) in [6.45, 7) is 2.28. The monoisotopic (exact) mass is 1270 g/mol. The number of phenols is 2. The molecule has 15 atom stereocenters. The van der Waals surface area contributed by atoms with Crippen LogP contribution >= 0.6 is 0 Å². The van der Waals surface area contributed by atoms with Crippen molar-refractivity contribution >= 4 is 11.7 Å². The SMILES string of the molecule is C[C@H]1C[C@@]23C[C@@H]4[C@H](OC[C@H](CO)C45CCCC5)[C@@H]4[C@H]2c2c(O)c(OC5CCCC5)cc5c2C#CC[C@@H]2C[C@]4(CO)C=C3[C@](/C=C/[C@H]3C[C@H]4C[C@]6(CO)C=CCC[C@@H]6C(CO)=C4C(=O)C[C@H]53)(C1)c1cc(O)cc(c1)C1(CCCC1)c1cccc(c1)C1(CCCCC1)NC(N)=N2. The number of ether oxygens (including phenoxy) is 2. The Labute approximate surface area is 556 Å². The summed E-state index contributed by atoms with van der Waals surface area (Å²) in [4.78, 5) is 22.0. The van der Waals surface area contributed by atoms with E-state index in [1.54, 1.807) is 0 Å². The molecule has 14 bridgehead atoms. The minimum atomic E-state index is -1.06. The van der Waals surface area contributed by atoms with Gasteiger partial charge in [0.25, 0.3) is 0 Å². The number of aliphatic imine (C=N–C) groups is 1. The van der Waals surface area contributed by atoms with E-state index >= 15 is 4.79 Å². The van der Waals surface area contributed by atoms with Crippen molar-refractivity contribution in [2.75, 3.05) is 33.0 Å². The molecule has 14 aliphatic rings. The summed E-state index contributed by atoms with van der Waals surface area (Å²) < 4.78 is 15.0. The van der Waals surface area contributed by atoms with Crippen LogP contribution in [0.5, 0.6) is 17.2 Å². The van der Waals surface area contributed by atoms with Crippen LogP contribution in [0.25, 0.3) is 0 Å². The van der Waals surface area contributed by atoms with Gasteiger partial charge in [0.05, 0.1) is 50.2 Å². The van der Waals surface area contributed by atoms with Crippen LogP contribution in [0.1, 0.15) is 231 Å². The number of carbonyl (C=O) groups excluding carboxylic acids is 1. The molecule has 2 heterocycles. The lowest BCUT2D eigenvalue weighted by Crippen LogP contribution is -2.68. The second kappa shape index (κ2) is 23.0. The smallest absolute Gasteiger partial charge is 0.189 e. The maximum Gasteiger partial charge on any atom is 0.189 e. The average Bonchev–Trinajstić information content (AvgIpc) is 1.06. The molecule has 3 aromatic rings. The number of aliphatic hydroxyl groups excluding tert-OH is 4. The van der Waals surface area contributed by atoms with Gasteiger partial charge in [-0.1, -0.05) is 130 Å². The lowest BCUT2D eigenvalue weighted by atomic mass is 9.34. The summed E-state index contributed by atoms with van der Waals surface area (Å²) >= 11 is 0. The molecule has 8 fully saturated rings. The van der Waals surface area contributed by atoms with E-state index in [4.69, 9.17) is 20.2 Å². The number of aliphatic hydroxyl groups is 4. The Morgan fingerprint density at radius 1 is 0.798 bits per heavy atom. The van der Waals surface area contributed by atoms with Crippen molar-refractivity contribution in [1.29, 1.82) is 0 Å². The maximum absolute atomic E-state index is 16.2. The summed E-state index contributed by atoms with van der Waals surface area (Å²) in [7, 11) is 0. The van der Waals surface area contributed by atoms with E-state index in [0.717, 1.165) is 174 Å². The molecule has 0 aromatic heterocycles. The molecular formula is C82H101N3O9. The number of guanidine groups is 1. The predicted octanol–water partition coefficient (Wildman–Crippen LogP) is 13.3. The van der Waals surface area contributed by atoms with Crippen molar-refractivity contribution in [3.05, 3.63) is 135 Å². The van der Waals surface area contributed by atoms with Gasteiger partial charge in [-0.25, -0.2) is 4.99 Å². The fourth-order valence-corrected chi connectivity index (χ4v) is 25.2. The maximum atomic E-state index is 16.2. The molecule has 498 valence electrons. The number of hydrogen-bond donors (Lipinski definition) is 8. The Bertz CT molecular complexity index is 3770. The number of fused-ring (bicyclic) bond motifs is 14. The Morgan fingerprint density at radius 3 is 2.33 bits per heavy atom. The molecule has 2 aliphatic heterocycles. The molecule has 4 spiro atoms. The highest BCUT2D eigenvalue weighted by atomic mass is 16.5. The third-order valence-electron chi connectivity index (χ3n) is 28.9. The van der Waals surface area contributed by atoms with Crippen molar-refractivity contribution in [2.45, 2.75) is 227 Å². The molecule has 0 amide bonds. The molecule has 94 heavy (non-hydrogen) atoms. The summed E-state index contributed by atoms with van der Waals surface area (Å²) in [5.41, 5.74) is 12.7. The fourth-order valence-electron chi connectivity index (χ4n) is 25.2. The van der Waals surface area contributed by atoms with E-state index in [9.17, 15) is 30.6 Å². The van der Waals surface area contributed by atoms with Gasteiger partial charge >= 0.3 is 0 Å². The van der Waals surface area contributed by atoms with Crippen LogP contribution in [0, 0.1) is 74.9 Å². The molecule has 0 radical (unpaired) electrons. The van der Waals surface area contributed by atoms with E-state index < -0.39 is 62.5 Å². The summed E-state index contributed by atoms with van der Waals surface area (Å²) in [6, 6.07) is 17.6. The Kier molecular flexibility index (Phi) is 15.1. The van der Waals surface area contributed by atoms with E-state index in [1.165, 1.54) is 16.7 Å². The van der Waals surface area contributed by atoms with Crippen molar-refractivity contribution in [2.24, 2.45) is 73.8 Å². The van der Waals surface area contributed by atoms with E-state index in [1.807, 2.05) is 0 Å². The number of nitrogens with two attached hydrogens (primary N) is 1. The van der Waals surface area contributed by atoms with Crippen LogP contribution in [-0.4, -0.2) is 93.7 Å². The zero-order valence-electron chi connectivity index (χ0n) is 55.5. The Morgan fingerprint density at radius 2 is 1.55 bits per heavy atom. The largest absolute Gasteiger partial charge is 0.508 e. The molecule has 12 heteroatoms. The van der Waals surface area contributed by atoms with Crippen LogP contribution in [0.4, 0.5) is 0 Å². The minimum Gasteiger partial charge on any atom is -0.508 e. The van der Waals surface area contributed by atoms with Gasteiger partial charge in [0.1, 0.15) is 5.75 Å². The molecule has 12 aliphatic carbocycles. The lowest BCUT2D eigenvalue weighted by Gasteiger charge is -2.71. The molecule has 0 unspecified atom stereocenters. The summed E-state index contributed by atoms with van der Waals surface area (Å²) in [5.74, 6) is 6.71. The van der Waals surface area contributed by atoms with E-state index in [-0.39, 0.29) is 97.2 Å². The lowest BCUT2D eigenvalue weighted by molar-refractivity contribution is -0.234. The van der Waals surface area contributed by atoms with Gasteiger partial charge in [0, 0.05) is 81.0 Å². The van der Waals surface area contributed by atoms with Gasteiger partial charge in [-0.2, -0.15) is 0 Å². The van der Waals surface area contributed by atoms with Crippen LogP contribution in [0.2, 0.25) is 0 Å². The zero-order chi connectivity index (χ0) is 64.2. The van der Waals surface area contributed by atoms with Crippen molar-refractivity contribution in [3.8, 4) is 29.1 Å². The van der Waals surface area contributed by atoms with Gasteiger partial charge in [-0.3, -0.25) is 4.79 Å². The van der Waals surface area contributed by atoms with Gasteiger partial charge < -0.3 is 51.2 Å². The number of phenolic OH excluding ortho intramolecular Hbond substituents is 2. The Balaban J connectivity index is 1.02. The third kappa shape index (κ3) is 9.06. The first-order chi connectivity index (χ1) is 45.7. The quantitative estimate of drug-likeness (QED) is 0.0860. The molecule has 17 rings (SSSR count). The number of benzene rings is 3. The number of ketones is 1. The number of Topliss-reactive ketones (excluding diaryl/α,β-unsaturated/α-hetero) is 1. The summed E-state index contributed by atoms with van der Waals surface area (Å²) in [6.07, 6.45) is 34.0. The molecule has 12 nitrogen and oxygen atoms in total. The molecule has 3 aromatic carbocycles. The van der Waals surface area contributed by atoms with Crippen LogP contribution in [0.3, 0.4) is 0 Å². The zero-order valence-corrected chi connectivity index (χ0v) is 55.5. The van der Waals surface area contributed by atoms with Crippen LogP contribution in [0.15, 0.2) is 101 Å². The highest BCUT2D eigenvalue weighted by Crippen LogP contribution is 2.78. The van der Waals surface area contributed by atoms with Gasteiger partial charge in [-0.05, 0) is 208 Å². The van der Waals surface area contributed by atoms with Gasteiger partial charge in [-0.15, -0.1) is 0 Å². The second-order valence-corrected chi connectivity index (χ2v) is 33.3. The van der Waals surface area contributed by atoms with Crippen molar-refractivity contribution in [3.63, 3.8) is 0 Å². The number of aromatic hydroxyl groups is 2. The van der Waals surface area contributed by atoms with Gasteiger partial charge in [0.15, 0.2) is 23.2 Å². The average molecular weight is 1270 g/mol. The first-order valence-corrected chi connectivity index (χ1v) is 37.2. The number of nitrogens with zero attached hydrogens (tertiary/aromatic N) is 1. The second-order valence-electron chi connectivity index (χ2n) is 33.3. The number of hydrogen-bond acceptors (Lipinski definition) is 12. The normalized spacial score (nSPS) is 38.9. The fraction of sp³-hybridized carbons (Fsp3) is 0.634. The third-order valence-corrected chi connectivity index (χ3v) is 28.9. The van der Waals surface area contributed by atoms with Crippen LogP contribution < -0.4 is 15.8 Å². The highest BCUT2D eigenvalue weighted by molar-refractivity contribution is 5.98. The summed E-state index contributed by atoms with van der Waals surface area (Å²) in [5, 5.41) is 80.0. The predicted molar refractivity (Wildman–Crippen MR) is 363 cm³/mol. The van der Waals surface area contributed by atoms with Crippen LogP contribution in [-0.2, 0) is 25.9 Å². The van der Waals surface area contributed by atoms with Crippen molar-refractivity contribution in [1.82, 2.24) is 5.32 Å². The van der Waals surface area contributed by atoms with E-state index in [0.29, 0.717) is 50.4 Å². The van der Waals surface area contributed by atoms with Crippen molar-refractivity contribution < 1.29 is 44.9 Å². The first kappa shape index (κ1) is 61.9. The number of allylic oxidation sites excluding steroid dienone is 5. The topological polar surface area (TPSA) is 207 Å². The molecule has 7 saturated carbocycles. The highest BCUT2D eigenvalue weighted by Gasteiger charge is 2.73. The number of rotatable bonds is 6. The Hall–Kier alpha value is -5.68. The molecule has 9 N–H and O–H groups in total. The molecule has 1 saturated heterocycles. The van der Waals surface area contributed by atoms with E-state index in [2.05, 4.69) is 103 Å². The first-order valence-electron chi connectivity index (χ1n) is 37.2. The number of carbonyl (C=O) groups is 1. The number of nitrogens with one attached hydrogen (secondary N) is 1. The van der Waals surface area contributed by atoms with Gasteiger partial charge in [0.2, 0.25) is 0 Å². The standard InChI is InChI=1S/C82H101N3O9/c1-49-38-80-30-22-50-31-51-40-76(47-88)23-8-5-21-64(76)63(45-87)69(51)66(91)36-61(50)62-37-67(94-59-18-3-4-19-59)73(92)70-60(62)20-14-17-57(41-77(48-89)43-68(80)81(39-49)42-65-74(72(77)71(70)81)93-46-56(44-86)79(65)26-11-12-27-79)84-75(83)85-82(28-6-2-7-29-82)53-16-13-15-52(32-53)78(24-9-10-25-78)54-33-55(80)35-58(90)34-54/h8,13,15-16,22-23,30,32-35,37,43,49-51,56-57,59,61,64-65,71-72,74,86-90,92H,2-7,9-12,17-19,21,24-29,31,36,38-42,44-48H2,1H3,(H3,83,84,85)/b30-22+/t49-,50+,51+,56+,57-,61+,64-,65-,71-,72+,74+,76+,77-,80-,81+/m1/s1. The minimum absolute atomic E-state index is 0.0222. The molecular weight excluding hydrogens is 1170 g/mol.